The van der Waals surface area contributed by atoms with E-state index in [0.717, 1.165) is 31.7 Å². The van der Waals surface area contributed by atoms with E-state index in [2.05, 4.69) is 26.1 Å². The van der Waals surface area contributed by atoms with E-state index >= 15 is 0 Å². The fourth-order valence-electron chi connectivity index (χ4n) is 3.12. The zero-order valence-corrected chi connectivity index (χ0v) is 16.0. The zero-order chi connectivity index (χ0) is 18.4. The lowest BCUT2D eigenvalue weighted by molar-refractivity contribution is -0.123. The molecule has 1 aromatic carbocycles. The molecule has 0 saturated carbocycles. The number of furan rings is 1. The Morgan fingerprint density at radius 1 is 1.31 bits per heavy atom. The minimum absolute atomic E-state index is 0.0202. The van der Waals surface area contributed by atoms with Gasteiger partial charge in [-0.2, -0.15) is 0 Å². The van der Waals surface area contributed by atoms with Crippen molar-refractivity contribution in [3.8, 4) is 5.75 Å². The van der Waals surface area contributed by atoms with Crippen molar-refractivity contribution in [2.24, 2.45) is 0 Å². The van der Waals surface area contributed by atoms with Gasteiger partial charge < -0.3 is 14.5 Å². The minimum Gasteiger partial charge on any atom is -0.483 e. The molecule has 2 aromatic rings. The van der Waals surface area contributed by atoms with Gasteiger partial charge in [-0.1, -0.05) is 6.42 Å². The molecule has 0 radical (unpaired) electrons. The number of nitrogens with zero attached hydrogens (tertiary/aromatic N) is 1. The normalized spacial score (nSPS) is 16.2. The van der Waals surface area contributed by atoms with E-state index in [1.165, 1.54) is 24.6 Å². The predicted molar refractivity (Wildman–Crippen MR) is 99.5 cm³/mol. The lowest BCUT2D eigenvalue weighted by Gasteiger charge is -2.33. The standard InChI is InChI=1S/C19H22BrFN2O3/c20-15-11-14(21)6-7-17(15)26-13-19(24)22-12-16(18-5-4-10-25-18)23-8-2-1-3-9-23/h4-7,10-11,16H,1-3,8-9,12-13H2,(H,22,24). The van der Waals surface area contributed by atoms with Gasteiger partial charge >= 0.3 is 0 Å². The summed E-state index contributed by atoms with van der Waals surface area (Å²) >= 11 is 3.22. The number of hydrogen-bond acceptors (Lipinski definition) is 4. The third-order valence-corrected chi connectivity index (χ3v) is 5.07. The second kappa shape index (κ2) is 9.19. The van der Waals surface area contributed by atoms with E-state index in [4.69, 9.17) is 9.15 Å². The van der Waals surface area contributed by atoms with Gasteiger partial charge in [-0.3, -0.25) is 9.69 Å². The van der Waals surface area contributed by atoms with Crippen molar-refractivity contribution in [1.29, 1.82) is 0 Å². The Morgan fingerprint density at radius 2 is 2.12 bits per heavy atom. The monoisotopic (exact) mass is 424 g/mol. The van der Waals surface area contributed by atoms with E-state index < -0.39 is 0 Å². The topological polar surface area (TPSA) is 54.7 Å². The second-order valence-electron chi connectivity index (χ2n) is 6.30. The van der Waals surface area contributed by atoms with Crippen LogP contribution in [0.15, 0.2) is 45.5 Å². The average molecular weight is 425 g/mol. The molecule has 1 aliphatic heterocycles. The summed E-state index contributed by atoms with van der Waals surface area (Å²) in [5.74, 6) is 0.695. The van der Waals surface area contributed by atoms with Crippen LogP contribution in [0, 0.1) is 5.82 Å². The van der Waals surface area contributed by atoms with Crippen molar-refractivity contribution in [3.63, 3.8) is 0 Å². The van der Waals surface area contributed by atoms with Gasteiger partial charge in [0.05, 0.1) is 16.8 Å². The Morgan fingerprint density at radius 3 is 2.81 bits per heavy atom. The van der Waals surface area contributed by atoms with E-state index in [-0.39, 0.29) is 24.4 Å². The van der Waals surface area contributed by atoms with E-state index in [1.807, 2.05) is 12.1 Å². The SMILES string of the molecule is O=C(COc1ccc(F)cc1Br)NCC(c1ccco1)N1CCCCC1. The fraction of sp³-hybridized carbons (Fsp3) is 0.421. The summed E-state index contributed by atoms with van der Waals surface area (Å²) in [7, 11) is 0. The van der Waals surface area contributed by atoms with Crippen LogP contribution in [-0.2, 0) is 4.79 Å². The Hall–Kier alpha value is -1.86. The number of piperidine rings is 1. The highest BCUT2D eigenvalue weighted by atomic mass is 79.9. The molecule has 2 heterocycles. The second-order valence-corrected chi connectivity index (χ2v) is 7.15. The Balaban J connectivity index is 1.53. The van der Waals surface area contributed by atoms with Crippen molar-refractivity contribution in [3.05, 3.63) is 52.6 Å². The molecule has 5 nitrogen and oxygen atoms in total. The van der Waals surface area contributed by atoms with Crippen LogP contribution in [-0.4, -0.2) is 37.0 Å². The van der Waals surface area contributed by atoms with E-state index in [9.17, 15) is 9.18 Å². The number of carbonyl (C=O) groups excluding carboxylic acids is 1. The number of likely N-dealkylation sites (tertiary alicyclic amines) is 1. The number of carbonyl (C=O) groups is 1. The number of ether oxygens (including phenoxy) is 1. The smallest absolute Gasteiger partial charge is 0.258 e. The number of nitrogens with one attached hydrogen (secondary N) is 1. The van der Waals surface area contributed by atoms with Gasteiger partial charge in [0.1, 0.15) is 17.3 Å². The highest BCUT2D eigenvalue weighted by Gasteiger charge is 2.24. The number of rotatable bonds is 7. The molecule has 1 atom stereocenters. The summed E-state index contributed by atoms with van der Waals surface area (Å²) in [4.78, 5) is 14.5. The first kappa shape index (κ1) is 18.9. The summed E-state index contributed by atoms with van der Waals surface area (Å²) in [6.07, 6.45) is 5.22. The molecule has 1 unspecified atom stereocenters. The molecule has 1 amide bonds. The highest BCUT2D eigenvalue weighted by Crippen LogP contribution is 2.26. The van der Waals surface area contributed by atoms with Crippen LogP contribution >= 0.6 is 15.9 Å². The number of hydrogen-bond donors (Lipinski definition) is 1. The molecule has 1 saturated heterocycles. The van der Waals surface area contributed by atoms with Gasteiger partial charge in [-0.05, 0) is 72.2 Å². The first-order valence-electron chi connectivity index (χ1n) is 8.75. The maximum absolute atomic E-state index is 13.1. The Bertz CT molecular complexity index is 718. The van der Waals surface area contributed by atoms with Crippen molar-refractivity contribution in [2.45, 2.75) is 25.3 Å². The molecular weight excluding hydrogens is 403 g/mol. The van der Waals surface area contributed by atoms with Crippen molar-refractivity contribution in [2.75, 3.05) is 26.2 Å². The van der Waals surface area contributed by atoms with Crippen LogP contribution in [0.1, 0.15) is 31.1 Å². The summed E-state index contributed by atoms with van der Waals surface area (Å²) in [5, 5.41) is 2.91. The number of amides is 1. The molecule has 1 aromatic heterocycles. The molecule has 26 heavy (non-hydrogen) atoms. The van der Waals surface area contributed by atoms with Gasteiger partial charge in [0, 0.05) is 6.54 Å². The molecule has 1 N–H and O–H groups in total. The number of halogens is 2. The molecule has 1 fully saturated rings. The molecule has 0 spiro atoms. The van der Waals surface area contributed by atoms with Crippen LogP contribution in [0.3, 0.4) is 0 Å². The van der Waals surface area contributed by atoms with E-state index in [1.54, 1.807) is 6.26 Å². The Labute approximate surface area is 160 Å². The molecule has 0 bridgehead atoms. The van der Waals surface area contributed by atoms with Crippen LogP contribution in [0.4, 0.5) is 4.39 Å². The van der Waals surface area contributed by atoms with Gasteiger partial charge in [0.15, 0.2) is 6.61 Å². The first-order chi connectivity index (χ1) is 12.6. The fourth-order valence-corrected chi connectivity index (χ4v) is 3.58. The van der Waals surface area contributed by atoms with Crippen molar-refractivity contribution >= 4 is 21.8 Å². The van der Waals surface area contributed by atoms with Crippen molar-refractivity contribution < 1.29 is 18.3 Å². The summed E-state index contributed by atoms with van der Waals surface area (Å²) in [5.41, 5.74) is 0. The molecule has 140 valence electrons. The van der Waals surface area contributed by atoms with E-state index in [0.29, 0.717) is 16.8 Å². The van der Waals surface area contributed by atoms with Crippen LogP contribution in [0.2, 0.25) is 0 Å². The molecule has 1 aliphatic rings. The first-order valence-corrected chi connectivity index (χ1v) is 9.55. The quantitative estimate of drug-likeness (QED) is 0.731. The average Bonchev–Trinajstić information content (AvgIpc) is 3.16. The lowest BCUT2D eigenvalue weighted by atomic mass is 10.1. The minimum atomic E-state index is -0.364. The van der Waals surface area contributed by atoms with Crippen LogP contribution < -0.4 is 10.1 Å². The third-order valence-electron chi connectivity index (χ3n) is 4.45. The van der Waals surface area contributed by atoms with Crippen molar-refractivity contribution in [1.82, 2.24) is 10.2 Å². The summed E-state index contributed by atoms with van der Waals surface area (Å²) in [6, 6.07) is 7.91. The summed E-state index contributed by atoms with van der Waals surface area (Å²) < 4.78 is 24.6. The summed E-state index contributed by atoms with van der Waals surface area (Å²) in [6.45, 7) is 2.33. The largest absolute Gasteiger partial charge is 0.483 e. The van der Waals surface area contributed by atoms with Crippen LogP contribution in [0.25, 0.3) is 0 Å². The Kier molecular flexibility index (Phi) is 6.68. The van der Waals surface area contributed by atoms with Gasteiger partial charge in [0.2, 0.25) is 0 Å². The molecule has 3 rings (SSSR count). The highest BCUT2D eigenvalue weighted by molar-refractivity contribution is 9.10. The maximum Gasteiger partial charge on any atom is 0.258 e. The van der Waals surface area contributed by atoms with Gasteiger partial charge in [-0.25, -0.2) is 4.39 Å². The molecular formula is C19H22BrFN2O3. The predicted octanol–water partition coefficient (Wildman–Crippen LogP) is 3.90. The zero-order valence-electron chi connectivity index (χ0n) is 14.4. The lowest BCUT2D eigenvalue weighted by Crippen LogP contribution is -2.41. The van der Waals surface area contributed by atoms with Gasteiger partial charge in [0.25, 0.3) is 5.91 Å². The van der Waals surface area contributed by atoms with Gasteiger partial charge in [-0.15, -0.1) is 0 Å². The van der Waals surface area contributed by atoms with Crippen LogP contribution in [0.5, 0.6) is 5.75 Å². The maximum atomic E-state index is 13.1. The molecule has 0 aliphatic carbocycles. The third kappa shape index (κ3) is 5.08. The molecule has 7 heteroatoms. The number of benzene rings is 1.